The summed E-state index contributed by atoms with van der Waals surface area (Å²) in [4.78, 5) is 2.02. The summed E-state index contributed by atoms with van der Waals surface area (Å²) in [5.41, 5.74) is 0.531. The molecule has 144 valence electrons. The lowest BCUT2D eigenvalue weighted by Crippen LogP contribution is -2.55. The van der Waals surface area contributed by atoms with Gasteiger partial charge in [-0.3, -0.25) is 4.90 Å². The van der Waals surface area contributed by atoms with Crippen LogP contribution in [0.2, 0.25) is 0 Å². The fourth-order valence-electron chi connectivity index (χ4n) is 4.44. The lowest BCUT2D eigenvalue weighted by atomic mass is 9.76. The average Bonchev–Trinajstić information content (AvgIpc) is 3.07. The highest BCUT2D eigenvalue weighted by Gasteiger charge is 2.58. The standard InChI is InChI=1S/C21H22F4N2/c22-17-5-1-15(2-6-17)19(16-3-7-18(23)8-4-16)27-12-10-20(14-27)13-26-11-9-21(20,24)25/h1-8,19,26H,9-14H2/t20-/m1/s1. The van der Waals surface area contributed by atoms with E-state index in [0.29, 0.717) is 19.5 Å². The van der Waals surface area contributed by atoms with E-state index in [9.17, 15) is 17.6 Å². The van der Waals surface area contributed by atoms with Crippen LogP contribution in [-0.4, -0.2) is 37.0 Å². The monoisotopic (exact) mass is 378 g/mol. The molecule has 2 aliphatic heterocycles. The summed E-state index contributed by atoms with van der Waals surface area (Å²) in [6, 6.07) is 11.9. The van der Waals surface area contributed by atoms with Gasteiger partial charge in [-0.15, -0.1) is 0 Å². The van der Waals surface area contributed by atoms with E-state index >= 15 is 0 Å². The highest BCUT2D eigenvalue weighted by molar-refractivity contribution is 5.33. The molecule has 2 fully saturated rings. The first-order valence-electron chi connectivity index (χ1n) is 9.24. The zero-order valence-electron chi connectivity index (χ0n) is 14.9. The second kappa shape index (κ2) is 6.91. The zero-order valence-corrected chi connectivity index (χ0v) is 14.9. The maximum absolute atomic E-state index is 14.7. The number of hydrogen-bond donors (Lipinski definition) is 1. The van der Waals surface area contributed by atoms with Crippen molar-refractivity contribution in [3.05, 3.63) is 71.3 Å². The second-order valence-corrected chi connectivity index (χ2v) is 7.64. The number of rotatable bonds is 3. The van der Waals surface area contributed by atoms with E-state index in [1.807, 2.05) is 4.90 Å². The van der Waals surface area contributed by atoms with Crippen LogP contribution in [0.3, 0.4) is 0 Å². The Kier molecular flexibility index (Phi) is 4.72. The van der Waals surface area contributed by atoms with Gasteiger partial charge in [0.2, 0.25) is 0 Å². The van der Waals surface area contributed by atoms with Crippen LogP contribution >= 0.6 is 0 Å². The normalized spacial score (nSPS) is 25.4. The molecule has 1 atom stereocenters. The first-order valence-corrected chi connectivity index (χ1v) is 9.24. The molecule has 0 saturated carbocycles. The minimum atomic E-state index is -2.72. The summed E-state index contributed by atoms with van der Waals surface area (Å²) < 4.78 is 56.3. The smallest absolute Gasteiger partial charge is 0.257 e. The third-order valence-corrected chi connectivity index (χ3v) is 5.97. The van der Waals surface area contributed by atoms with Crippen molar-refractivity contribution in [2.75, 3.05) is 26.2 Å². The molecule has 0 radical (unpaired) electrons. The van der Waals surface area contributed by atoms with Crippen molar-refractivity contribution in [3.8, 4) is 0 Å². The van der Waals surface area contributed by atoms with Crippen molar-refractivity contribution < 1.29 is 17.6 Å². The van der Waals surface area contributed by atoms with Crippen molar-refractivity contribution in [3.63, 3.8) is 0 Å². The molecule has 0 bridgehead atoms. The van der Waals surface area contributed by atoms with Crippen LogP contribution in [0.5, 0.6) is 0 Å². The molecule has 0 aromatic heterocycles. The Bertz CT molecular complexity index is 745. The lowest BCUT2D eigenvalue weighted by Gasteiger charge is -2.42. The number of nitrogens with zero attached hydrogens (tertiary/aromatic N) is 1. The van der Waals surface area contributed by atoms with Crippen molar-refractivity contribution in [2.24, 2.45) is 5.41 Å². The summed E-state index contributed by atoms with van der Waals surface area (Å²) >= 11 is 0. The maximum Gasteiger partial charge on any atom is 0.257 e. The molecule has 2 saturated heterocycles. The van der Waals surface area contributed by atoms with Crippen LogP contribution in [-0.2, 0) is 0 Å². The quantitative estimate of drug-likeness (QED) is 0.798. The van der Waals surface area contributed by atoms with Crippen LogP contribution in [0.1, 0.15) is 30.0 Å². The molecule has 27 heavy (non-hydrogen) atoms. The van der Waals surface area contributed by atoms with Crippen LogP contribution in [0, 0.1) is 17.0 Å². The molecular formula is C21H22F4N2. The summed E-state index contributed by atoms with van der Waals surface area (Å²) in [6.45, 7) is 1.37. The van der Waals surface area contributed by atoms with Crippen molar-refractivity contribution >= 4 is 0 Å². The molecule has 2 aromatic carbocycles. The van der Waals surface area contributed by atoms with Gasteiger partial charge in [0.25, 0.3) is 5.92 Å². The maximum atomic E-state index is 14.7. The van der Waals surface area contributed by atoms with E-state index in [4.69, 9.17) is 0 Å². The molecule has 0 amide bonds. The van der Waals surface area contributed by atoms with Crippen molar-refractivity contribution in [2.45, 2.75) is 24.8 Å². The molecule has 0 unspecified atom stereocenters. The Morgan fingerprint density at radius 1 is 0.852 bits per heavy atom. The van der Waals surface area contributed by atoms with Gasteiger partial charge in [0, 0.05) is 26.1 Å². The predicted octanol–water partition coefficient (Wildman–Crippen LogP) is 4.37. The van der Waals surface area contributed by atoms with Crippen LogP contribution in [0.4, 0.5) is 17.6 Å². The number of piperidine rings is 1. The number of alkyl halides is 2. The molecule has 2 heterocycles. The van der Waals surface area contributed by atoms with E-state index in [1.54, 1.807) is 24.3 Å². The second-order valence-electron chi connectivity index (χ2n) is 7.64. The van der Waals surface area contributed by atoms with E-state index in [1.165, 1.54) is 24.3 Å². The van der Waals surface area contributed by atoms with E-state index < -0.39 is 11.3 Å². The Morgan fingerprint density at radius 2 is 1.41 bits per heavy atom. The summed E-state index contributed by atoms with van der Waals surface area (Å²) in [5.74, 6) is -3.42. The highest BCUT2D eigenvalue weighted by Crippen LogP contribution is 2.49. The van der Waals surface area contributed by atoms with Gasteiger partial charge in [-0.2, -0.15) is 0 Å². The van der Waals surface area contributed by atoms with Crippen LogP contribution < -0.4 is 5.32 Å². The van der Waals surface area contributed by atoms with Gasteiger partial charge in [-0.25, -0.2) is 17.6 Å². The van der Waals surface area contributed by atoms with E-state index in [2.05, 4.69) is 5.32 Å². The third-order valence-electron chi connectivity index (χ3n) is 5.97. The number of hydrogen-bond acceptors (Lipinski definition) is 2. The minimum absolute atomic E-state index is 0.154. The van der Waals surface area contributed by atoms with Crippen LogP contribution in [0.15, 0.2) is 48.5 Å². The fraction of sp³-hybridized carbons (Fsp3) is 0.429. The number of halogens is 4. The zero-order chi connectivity index (χ0) is 19.1. The van der Waals surface area contributed by atoms with E-state index in [-0.39, 0.29) is 37.2 Å². The molecule has 2 aliphatic rings. The van der Waals surface area contributed by atoms with Gasteiger partial charge in [0.1, 0.15) is 11.6 Å². The van der Waals surface area contributed by atoms with Crippen molar-refractivity contribution in [1.82, 2.24) is 10.2 Å². The molecule has 2 nitrogen and oxygen atoms in total. The average molecular weight is 378 g/mol. The predicted molar refractivity (Wildman–Crippen MR) is 95.7 cm³/mol. The van der Waals surface area contributed by atoms with Gasteiger partial charge >= 0.3 is 0 Å². The minimum Gasteiger partial charge on any atom is -0.316 e. The highest BCUT2D eigenvalue weighted by atomic mass is 19.3. The fourth-order valence-corrected chi connectivity index (χ4v) is 4.44. The summed E-state index contributed by atoms with van der Waals surface area (Å²) in [7, 11) is 0. The largest absolute Gasteiger partial charge is 0.316 e. The van der Waals surface area contributed by atoms with Gasteiger partial charge in [-0.05, 0) is 48.4 Å². The van der Waals surface area contributed by atoms with E-state index in [0.717, 1.165) is 11.1 Å². The number of benzene rings is 2. The van der Waals surface area contributed by atoms with Gasteiger partial charge in [0.05, 0.1) is 11.5 Å². The number of nitrogens with one attached hydrogen (secondary N) is 1. The Balaban J connectivity index is 1.69. The molecule has 2 aromatic rings. The summed E-state index contributed by atoms with van der Waals surface area (Å²) in [6.07, 6.45) is 0.241. The molecule has 6 heteroatoms. The number of likely N-dealkylation sites (tertiary alicyclic amines) is 1. The lowest BCUT2D eigenvalue weighted by molar-refractivity contribution is -0.136. The Hall–Kier alpha value is -1.92. The molecule has 1 spiro atoms. The molecular weight excluding hydrogens is 356 g/mol. The molecule has 4 rings (SSSR count). The summed E-state index contributed by atoms with van der Waals surface area (Å²) in [5, 5.41) is 3.12. The molecule has 0 aliphatic carbocycles. The SMILES string of the molecule is Fc1ccc(C(c2ccc(F)cc2)N2CC[C@@]3(CNCCC3(F)F)C2)cc1. The van der Waals surface area contributed by atoms with Gasteiger partial charge in [0.15, 0.2) is 0 Å². The van der Waals surface area contributed by atoms with Gasteiger partial charge < -0.3 is 5.32 Å². The van der Waals surface area contributed by atoms with Crippen molar-refractivity contribution in [1.29, 1.82) is 0 Å². The topological polar surface area (TPSA) is 15.3 Å². The Morgan fingerprint density at radius 3 is 1.93 bits per heavy atom. The third kappa shape index (κ3) is 3.36. The first-order chi connectivity index (χ1) is 12.9. The first kappa shape index (κ1) is 18.4. The Labute approximate surface area is 156 Å². The van der Waals surface area contributed by atoms with Crippen LogP contribution in [0.25, 0.3) is 0 Å². The molecule has 1 N–H and O–H groups in total. The van der Waals surface area contributed by atoms with Gasteiger partial charge in [-0.1, -0.05) is 24.3 Å².